The first kappa shape index (κ1) is 21.6. The molecule has 0 fully saturated rings. The van der Waals surface area contributed by atoms with E-state index in [-0.39, 0.29) is 5.56 Å². The van der Waals surface area contributed by atoms with Crippen LogP contribution in [0.1, 0.15) is 23.2 Å². The molecule has 0 bridgehead atoms. The fraction of sp³-hybridized carbons (Fsp3) is 0.200. The van der Waals surface area contributed by atoms with Crippen LogP contribution >= 0.6 is 23.1 Å². The van der Waals surface area contributed by atoms with Crippen molar-refractivity contribution in [3.63, 3.8) is 0 Å². The maximum absolute atomic E-state index is 13.1. The van der Waals surface area contributed by atoms with Crippen LogP contribution in [-0.2, 0) is 12.3 Å². The first-order valence-corrected chi connectivity index (χ1v) is 12.6. The van der Waals surface area contributed by atoms with Crippen LogP contribution in [0.5, 0.6) is 0 Å². The van der Waals surface area contributed by atoms with E-state index in [4.69, 9.17) is 4.98 Å². The van der Waals surface area contributed by atoms with Crippen LogP contribution < -0.4 is 5.56 Å². The second-order valence-corrected chi connectivity index (χ2v) is 9.94. The highest BCUT2D eigenvalue weighted by atomic mass is 32.2. The molecule has 5 aromatic rings. The lowest BCUT2D eigenvalue weighted by Crippen LogP contribution is -2.11. The van der Waals surface area contributed by atoms with E-state index < -0.39 is 0 Å². The zero-order valence-electron chi connectivity index (χ0n) is 18.6. The predicted molar refractivity (Wildman–Crippen MR) is 136 cm³/mol. The highest BCUT2D eigenvalue weighted by Crippen LogP contribution is 2.36. The van der Waals surface area contributed by atoms with E-state index in [1.807, 2.05) is 37.3 Å². The van der Waals surface area contributed by atoms with Gasteiger partial charge in [0.25, 0.3) is 5.56 Å². The van der Waals surface area contributed by atoms with Crippen molar-refractivity contribution >= 4 is 33.3 Å². The molecule has 0 atom stereocenters. The topological polar surface area (TPSA) is 76.5 Å². The van der Waals surface area contributed by atoms with Gasteiger partial charge in [0.05, 0.1) is 11.1 Å². The minimum absolute atomic E-state index is 0.0996. The Hall–Kier alpha value is -3.23. The minimum Gasteiger partial charge on any atom is -0.309 e. The van der Waals surface area contributed by atoms with E-state index in [0.29, 0.717) is 17.0 Å². The van der Waals surface area contributed by atoms with Gasteiger partial charge in [-0.3, -0.25) is 4.79 Å². The Morgan fingerprint density at radius 2 is 1.76 bits per heavy atom. The molecule has 0 amide bonds. The number of fused-ring (bicyclic) bond motifs is 1. The Morgan fingerprint density at radius 3 is 2.48 bits per heavy atom. The third kappa shape index (κ3) is 4.12. The van der Waals surface area contributed by atoms with Crippen LogP contribution in [0.2, 0.25) is 0 Å². The summed E-state index contributed by atoms with van der Waals surface area (Å²) < 4.78 is 2.08. The summed E-state index contributed by atoms with van der Waals surface area (Å²) in [6, 6.07) is 18.3. The highest BCUT2D eigenvalue weighted by Gasteiger charge is 2.18. The minimum atomic E-state index is -0.0996. The summed E-state index contributed by atoms with van der Waals surface area (Å²) in [6.45, 7) is 6.94. The lowest BCUT2D eigenvalue weighted by Gasteiger charge is -2.07. The molecule has 6 nitrogen and oxygen atoms in total. The monoisotopic (exact) mass is 473 g/mol. The van der Waals surface area contributed by atoms with E-state index in [1.54, 1.807) is 11.3 Å². The lowest BCUT2D eigenvalue weighted by molar-refractivity contribution is 0.687. The van der Waals surface area contributed by atoms with Gasteiger partial charge >= 0.3 is 0 Å². The lowest BCUT2D eigenvalue weighted by atomic mass is 10.0. The third-order valence-corrected chi connectivity index (χ3v) is 7.51. The highest BCUT2D eigenvalue weighted by molar-refractivity contribution is 7.98. The molecule has 0 aliphatic carbocycles. The summed E-state index contributed by atoms with van der Waals surface area (Å²) in [4.78, 5) is 22.7. The van der Waals surface area contributed by atoms with Gasteiger partial charge in [-0.05, 0) is 26.3 Å². The Morgan fingerprint density at radius 1 is 1.00 bits per heavy atom. The van der Waals surface area contributed by atoms with Crippen molar-refractivity contribution in [3.8, 4) is 22.5 Å². The van der Waals surface area contributed by atoms with Crippen molar-refractivity contribution < 1.29 is 0 Å². The van der Waals surface area contributed by atoms with Gasteiger partial charge < -0.3 is 9.55 Å². The zero-order valence-corrected chi connectivity index (χ0v) is 20.3. The number of benzene rings is 2. The van der Waals surface area contributed by atoms with Gasteiger partial charge in [0.1, 0.15) is 10.7 Å². The molecular weight excluding hydrogens is 450 g/mol. The molecule has 0 radical (unpaired) electrons. The molecule has 0 saturated heterocycles. The fourth-order valence-electron chi connectivity index (χ4n) is 3.91. The number of hydrogen-bond acceptors (Lipinski definition) is 6. The predicted octanol–water partition coefficient (Wildman–Crippen LogP) is 5.84. The number of aromatic nitrogens is 5. The van der Waals surface area contributed by atoms with Gasteiger partial charge in [-0.25, -0.2) is 4.98 Å². The molecule has 0 saturated carbocycles. The van der Waals surface area contributed by atoms with E-state index >= 15 is 0 Å². The number of H-pyrrole nitrogens is 1. The second kappa shape index (κ2) is 8.96. The van der Waals surface area contributed by atoms with Crippen molar-refractivity contribution in [1.82, 2.24) is 24.7 Å². The summed E-state index contributed by atoms with van der Waals surface area (Å²) >= 11 is 3.09. The summed E-state index contributed by atoms with van der Waals surface area (Å²) in [5.74, 6) is 1.99. The van der Waals surface area contributed by atoms with Gasteiger partial charge in [0, 0.05) is 22.5 Å². The van der Waals surface area contributed by atoms with Gasteiger partial charge in [0.15, 0.2) is 11.0 Å². The molecule has 0 aliphatic heterocycles. The Kier molecular flexibility index (Phi) is 5.86. The summed E-state index contributed by atoms with van der Waals surface area (Å²) in [5, 5.41) is 10.3. The van der Waals surface area contributed by atoms with Crippen molar-refractivity contribution in [2.24, 2.45) is 0 Å². The SMILES string of the molecule is CCn1c(SCc2nc3sc(C)c(-c4ccc(C)cc4)c3c(=O)[nH]2)nnc1-c1ccccc1. The Balaban J connectivity index is 1.45. The van der Waals surface area contributed by atoms with Crippen LogP contribution in [0.4, 0.5) is 0 Å². The van der Waals surface area contributed by atoms with Gasteiger partial charge in [-0.2, -0.15) is 0 Å². The van der Waals surface area contributed by atoms with E-state index in [0.717, 1.165) is 43.9 Å². The molecule has 0 unspecified atom stereocenters. The summed E-state index contributed by atoms with van der Waals surface area (Å²) in [6.07, 6.45) is 0. The zero-order chi connectivity index (χ0) is 22.9. The molecule has 8 heteroatoms. The normalized spacial score (nSPS) is 11.4. The number of nitrogens with zero attached hydrogens (tertiary/aromatic N) is 4. The number of aromatic amines is 1. The molecule has 5 rings (SSSR count). The van der Waals surface area contributed by atoms with E-state index in [2.05, 4.69) is 57.9 Å². The van der Waals surface area contributed by atoms with Crippen molar-refractivity contribution in [2.45, 2.75) is 38.2 Å². The van der Waals surface area contributed by atoms with Crippen LogP contribution in [0.25, 0.3) is 32.7 Å². The van der Waals surface area contributed by atoms with Crippen molar-refractivity contribution in [2.75, 3.05) is 0 Å². The number of hydrogen-bond donors (Lipinski definition) is 1. The van der Waals surface area contributed by atoms with Crippen molar-refractivity contribution in [1.29, 1.82) is 0 Å². The van der Waals surface area contributed by atoms with E-state index in [9.17, 15) is 4.79 Å². The third-order valence-electron chi connectivity index (χ3n) is 5.53. The molecule has 2 aromatic carbocycles. The average Bonchev–Trinajstić information content (AvgIpc) is 3.39. The van der Waals surface area contributed by atoms with Crippen molar-refractivity contribution in [3.05, 3.63) is 81.2 Å². The molecule has 3 aromatic heterocycles. The first-order valence-electron chi connectivity index (χ1n) is 10.8. The number of rotatable bonds is 6. The van der Waals surface area contributed by atoms with Gasteiger partial charge in [0.2, 0.25) is 0 Å². The van der Waals surface area contributed by atoms with Crippen LogP contribution in [0.3, 0.4) is 0 Å². The van der Waals surface area contributed by atoms with Crippen LogP contribution in [0.15, 0.2) is 64.5 Å². The molecule has 166 valence electrons. The largest absolute Gasteiger partial charge is 0.309 e. The van der Waals surface area contributed by atoms with Gasteiger partial charge in [-0.1, -0.05) is 71.9 Å². The maximum atomic E-state index is 13.1. The standard InChI is InChI=1S/C25H23N5OS2/c1-4-30-22(18-8-6-5-7-9-18)28-29-25(30)32-14-19-26-23(31)21-20(16(3)33-24(21)27-19)17-12-10-15(2)11-13-17/h5-13H,4,14H2,1-3H3,(H,26,27,31). The maximum Gasteiger partial charge on any atom is 0.260 e. The second-order valence-electron chi connectivity index (χ2n) is 7.80. The smallest absolute Gasteiger partial charge is 0.260 e. The van der Waals surface area contributed by atoms with Crippen LogP contribution in [0, 0.1) is 13.8 Å². The number of thiophene rings is 1. The average molecular weight is 474 g/mol. The molecule has 33 heavy (non-hydrogen) atoms. The quantitative estimate of drug-likeness (QED) is 0.314. The Labute approximate surface area is 199 Å². The van der Waals surface area contributed by atoms with E-state index in [1.165, 1.54) is 17.3 Å². The molecule has 3 heterocycles. The number of thioether (sulfide) groups is 1. The summed E-state index contributed by atoms with van der Waals surface area (Å²) in [5.41, 5.74) is 4.14. The van der Waals surface area contributed by atoms with Gasteiger partial charge in [-0.15, -0.1) is 21.5 Å². The molecule has 0 spiro atoms. The fourth-order valence-corrected chi connectivity index (χ4v) is 5.85. The number of nitrogens with one attached hydrogen (secondary N) is 1. The summed E-state index contributed by atoms with van der Waals surface area (Å²) in [7, 11) is 0. The van der Waals surface area contributed by atoms with Crippen LogP contribution in [-0.4, -0.2) is 24.7 Å². The number of aryl methyl sites for hydroxylation is 2. The molecule has 0 aliphatic rings. The molecular formula is C25H23N5OS2. The first-order chi connectivity index (χ1) is 16.0. The Bertz CT molecular complexity index is 1480. The molecule has 1 N–H and O–H groups in total.